The van der Waals surface area contributed by atoms with Crippen molar-refractivity contribution in [3.63, 3.8) is 0 Å². The lowest BCUT2D eigenvalue weighted by Gasteiger charge is -2.03. The minimum Gasteiger partial charge on any atom is -0.323 e. The second-order valence-electron chi connectivity index (χ2n) is 1.36. The van der Waals surface area contributed by atoms with Gasteiger partial charge in [0.15, 0.2) is 0 Å². The molecule has 1 nitrogen and oxygen atoms in total. The van der Waals surface area contributed by atoms with E-state index >= 15 is 0 Å². The van der Waals surface area contributed by atoms with E-state index < -0.39 is 0 Å². The van der Waals surface area contributed by atoms with Crippen molar-refractivity contribution in [3.8, 4) is 0 Å². The molecule has 2 unspecified atom stereocenters. The molecule has 0 amide bonds. The van der Waals surface area contributed by atoms with Crippen molar-refractivity contribution < 1.29 is 0 Å². The smallest absolute Gasteiger partial charge is 0.0377 e. The van der Waals surface area contributed by atoms with Crippen molar-refractivity contribution >= 4 is 21.9 Å². The fourth-order valence-electron chi connectivity index (χ4n) is 0.117. The Morgan fingerprint density at radius 2 is 2.43 bits per heavy atom. The Hall–Kier alpha value is 0.480. The summed E-state index contributed by atoms with van der Waals surface area (Å²) in [5, 5.41) is 0.912. The molecule has 7 heavy (non-hydrogen) atoms. The molecular formula is C4H10NPS. The summed E-state index contributed by atoms with van der Waals surface area (Å²) in [5.41, 5.74) is 5.42. The summed E-state index contributed by atoms with van der Waals surface area (Å²) in [5.74, 6) is 0.669. The number of hydrogen-bond donors (Lipinski definition) is 2. The van der Waals surface area contributed by atoms with Gasteiger partial charge in [-0.3, -0.25) is 0 Å². The van der Waals surface area contributed by atoms with Gasteiger partial charge >= 0.3 is 0 Å². The molecule has 0 aromatic carbocycles. The van der Waals surface area contributed by atoms with Gasteiger partial charge in [0, 0.05) is 11.8 Å². The van der Waals surface area contributed by atoms with Crippen LogP contribution in [0.3, 0.4) is 0 Å². The van der Waals surface area contributed by atoms with Crippen LogP contribution in [0.25, 0.3) is 0 Å². The molecule has 0 aliphatic rings. The molecule has 3 heteroatoms. The average Bonchev–Trinajstić information content (AvgIpc) is 1.65. The van der Waals surface area contributed by atoms with Gasteiger partial charge in [-0.25, -0.2) is 0 Å². The van der Waals surface area contributed by atoms with Crippen LogP contribution < -0.4 is 5.73 Å². The molecule has 0 heterocycles. The van der Waals surface area contributed by atoms with Crippen molar-refractivity contribution in [2.24, 2.45) is 5.73 Å². The third-order valence-corrected chi connectivity index (χ3v) is 1.49. The maximum atomic E-state index is 5.42. The maximum Gasteiger partial charge on any atom is 0.0377 e. The normalized spacial score (nSPS) is 13.6. The van der Waals surface area contributed by atoms with E-state index in [9.17, 15) is 0 Å². The Bertz CT molecular complexity index is 74.1. The van der Waals surface area contributed by atoms with Crippen LogP contribution in [0.1, 0.15) is 0 Å². The van der Waals surface area contributed by atoms with Gasteiger partial charge in [0.2, 0.25) is 0 Å². The molecule has 0 rings (SSSR count). The second-order valence-corrected chi connectivity index (χ2v) is 2.47. The zero-order valence-electron chi connectivity index (χ0n) is 4.09. The summed E-state index contributed by atoms with van der Waals surface area (Å²) >= 11 is 3.96. The molecule has 0 saturated heterocycles. The summed E-state index contributed by atoms with van der Waals surface area (Å²) in [6.07, 6.45) is 0. The van der Waals surface area contributed by atoms with Crippen LogP contribution >= 0.6 is 21.9 Å². The van der Waals surface area contributed by atoms with Crippen LogP contribution in [0.2, 0.25) is 0 Å². The SMILES string of the molecule is C=C(P)C(N)CS. The maximum absolute atomic E-state index is 5.42. The van der Waals surface area contributed by atoms with E-state index in [-0.39, 0.29) is 6.04 Å². The Morgan fingerprint density at radius 3 is 2.43 bits per heavy atom. The molecule has 2 N–H and O–H groups in total. The summed E-state index contributed by atoms with van der Waals surface area (Å²) in [6.45, 7) is 3.61. The van der Waals surface area contributed by atoms with E-state index in [1.54, 1.807) is 0 Å². The Morgan fingerprint density at radius 1 is 2.00 bits per heavy atom. The predicted octanol–water partition coefficient (Wildman–Crippen LogP) is 0.632. The zero-order valence-corrected chi connectivity index (χ0v) is 6.14. The first-order valence-electron chi connectivity index (χ1n) is 1.99. The minimum atomic E-state index is 0.0355. The first-order valence-corrected chi connectivity index (χ1v) is 3.20. The lowest BCUT2D eigenvalue weighted by molar-refractivity contribution is 0.932. The van der Waals surface area contributed by atoms with Crippen LogP contribution in [0.15, 0.2) is 11.9 Å². The van der Waals surface area contributed by atoms with Gasteiger partial charge in [0.1, 0.15) is 0 Å². The van der Waals surface area contributed by atoms with Gasteiger partial charge in [0.25, 0.3) is 0 Å². The third kappa shape index (κ3) is 3.10. The van der Waals surface area contributed by atoms with Gasteiger partial charge < -0.3 is 5.73 Å². The van der Waals surface area contributed by atoms with Crippen molar-refractivity contribution in [2.45, 2.75) is 6.04 Å². The van der Waals surface area contributed by atoms with Gasteiger partial charge in [0.05, 0.1) is 0 Å². The molecule has 0 radical (unpaired) electrons. The first kappa shape index (κ1) is 7.48. The van der Waals surface area contributed by atoms with Gasteiger partial charge in [-0.05, 0) is 5.31 Å². The zero-order chi connectivity index (χ0) is 5.86. The molecule has 0 spiro atoms. The molecule has 0 aromatic rings. The van der Waals surface area contributed by atoms with Crippen LogP contribution in [-0.2, 0) is 0 Å². The lowest BCUT2D eigenvalue weighted by atomic mass is 10.4. The van der Waals surface area contributed by atoms with E-state index in [0.717, 1.165) is 5.31 Å². The van der Waals surface area contributed by atoms with E-state index in [1.807, 2.05) is 0 Å². The molecule has 0 aromatic heterocycles. The molecule has 2 atom stereocenters. The molecule has 0 saturated carbocycles. The molecular weight excluding hydrogens is 125 g/mol. The van der Waals surface area contributed by atoms with Crippen LogP contribution in [0.4, 0.5) is 0 Å². The standard InChI is InChI=1S/C4H10NPS/c1-3(6)4(5)2-7/h4,7H,1-2,5-6H2. The second kappa shape index (κ2) is 3.48. The van der Waals surface area contributed by atoms with E-state index in [2.05, 4.69) is 28.4 Å². The molecule has 0 aliphatic carbocycles. The molecule has 0 bridgehead atoms. The predicted molar refractivity (Wildman–Crippen MR) is 40.7 cm³/mol. The van der Waals surface area contributed by atoms with Crippen LogP contribution in [-0.4, -0.2) is 11.8 Å². The fraction of sp³-hybridized carbons (Fsp3) is 0.500. The number of nitrogens with two attached hydrogens (primary N) is 1. The third-order valence-electron chi connectivity index (χ3n) is 0.673. The number of hydrogen-bond acceptors (Lipinski definition) is 2. The summed E-state index contributed by atoms with van der Waals surface area (Å²) in [6, 6.07) is 0.0355. The van der Waals surface area contributed by atoms with Crippen molar-refractivity contribution in [1.29, 1.82) is 0 Å². The van der Waals surface area contributed by atoms with E-state index in [4.69, 9.17) is 5.73 Å². The first-order chi connectivity index (χ1) is 3.18. The summed E-state index contributed by atoms with van der Waals surface area (Å²) in [7, 11) is 2.45. The number of thiol groups is 1. The molecule has 0 fully saturated rings. The summed E-state index contributed by atoms with van der Waals surface area (Å²) in [4.78, 5) is 0. The Balaban J connectivity index is 3.34. The topological polar surface area (TPSA) is 26.0 Å². The largest absolute Gasteiger partial charge is 0.323 e. The van der Waals surface area contributed by atoms with E-state index in [0.29, 0.717) is 5.75 Å². The molecule has 42 valence electrons. The van der Waals surface area contributed by atoms with Crippen LogP contribution in [0, 0.1) is 0 Å². The van der Waals surface area contributed by atoms with Crippen molar-refractivity contribution in [2.75, 3.05) is 5.75 Å². The van der Waals surface area contributed by atoms with Crippen molar-refractivity contribution in [1.82, 2.24) is 0 Å². The minimum absolute atomic E-state index is 0.0355. The Kier molecular flexibility index (Phi) is 3.72. The highest BCUT2D eigenvalue weighted by atomic mass is 32.1. The quantitative estimate of drug-likeness (QED) is 0.421. The fourth-order valence-corrected chi connectivity index (χ4v) is 0.668. The average molecular weight is 135 g/mol. The van der Waals surface area contributed by atoms with E-state index in [1.165, 1.54) is 0 Å². The molecule has 0 aliphatic heterocycles. The monoisotopic (exact) mass is 135 g/mol. The van der Waals surface area contributed by atoms with Crippen molar-refractivity contribution in [3.05, 3.63) is 11.9 Å². The van der Waals surface area contributed by atoms with Crippen LogP contribution in [0.5, 0.6) is 0 Å². The highest BCUT2D eigenvalue weighted by Gasteiger charge is 1.95. The lowest BCUT2D eigenvalue weighted by Crippen LogP contribution is -2.20. The Labute approximate surface area is 52.0 Å². The summed E-state index contributed by atoms with van der Waals surface area (Å²) < 4.78 is 0. The van der Waals surface area contributed by atoms with Gasteiger partial charge in [-0.1, -0.05) is 6.58 Å². The van der Waals surface area contributed by atoms with Gasteiger partial charge in [-0.2, -0.15) is 12.6 Å². The number of rotatable bonds is 2. The highest BCUT2D eigenvalue weighted by Crippen LogP contribution is 2.05. The highest BCUT2D eigenvalue weighted by molar-refractivity contribution is 7.80. The van der Waals surface area contributed by atoms with Gasteiger partial charge in [-0.15, -0.1) is 9.24 Å².